The maximum atomic E-state index is 12.9. The van der Waals surface area contributed by atoms with Crippen molar-refractivity contribution in [1.82, 2.24) is 20.1 Å². The van der Waals surface area contributed by atoms with E-state index in [2.05, 4.69) is 25.5 Å². The van der Waals surface area contributed by atoms with E-state index in [1.165, 1.54) is 27.7 Å². The Bertz CT molecular complexity index is 1130. The molecule has 0 unspecified atom stereocenters. The summed E-state index contributed by atoms with van der Waals surface area (Å²) < 4.78 is 6.17. The summed E-state index contributed by atoms with van der Waals surface area (Å²) in [6.07, 6.45) is 1.60. The molecule has 4 rings (SSSR count). The van der Waals surface area contributed by atoms with E-state index < -0.39 is 29.4 Å². The molecule has 12 heteroatoms. The molecule has 0 saturated carbocycles. The molecule has 0 aliphatic carbocycles. The molecule has 12 nitrogen and oxygen atoms in total. The number of methoxy groups -OCH3 is 1. The number of nitrogens with one attached hydrogen (secondary N) is 2. The molecule has 1 atom stereocenters. The zero-order valence-electron chi connectivity index (χ0n) is 18.1. The number of anilines is 3. The summed E-state index contributed by atoms with van der Waals surface area (Å²) in [5.41, 5.74) is -0.0346. The topological polar surface area (TPSA) is 139 Å². The number of ether oxygens (including phenoxy) is 1. The number of esters is 1. The minimum atomic E-state index is -0.817. The van der Waals surface area contributed by atoms with Gasteiger partial charge >= 0.3 is 12.0 Å². The second kappa shape index (κ2) is 7.62. The summed E-state index contributed by atoms with van der Waals surface area (Å²) in [6.45, 7) is 4.22. The number of aromatic nitrogens is 3. The van der Waals surface area contributed by atoms with Crippen LogP contribution in [0.4, 0.5) is 22.1 Å². The van der Waals surface area contributed by atoms with Gasteiger partial charge in [0.2, 0.25) is 5.91 Å². The Morgan fingerprint density at radius 1 is 1.25 bits per heavy atom. The lowest BCUT2D eigenvalue weighted by Gasteiger charge is -2.43. The van der Waals surface area contributed by atoms with E-state index in [0.29, 0.717) is 18.1 Å². The molecule has 2 fully saturated rings. The second-order valence-electron chi connectivity index (χ2n) is 8.29. The van der Waals surface area contributed by atoms with E-state index in [9.17, 15) is 19.2 Å². The van der Waals surface area contributed by atoms with Crippen LogP contribution in [0.15, 0.2) is 24.4 Å². The molecule has 0 aromatic carbocycles. The highest BCUT2D eigenvalue weighted by Gasteiger charge is 2.46. The summed E-state index contributed by atoms with van der Waals surface area (Å²) in [6, 6.07) is 3.31. The van der Waals surface area contributed by atoms with E-state index in [1.54, 1.807) is 25.4 Å². The summed E-state index contributed by atoms with van der Waals surface area (Å²) in [5.74, 6) is -0.596. The quantitative estimate of drug-likeness (QED) is 0.509. The van der Waals surface area contributed by atoms with Crippen molar-refractivity contribution in [3.63, 3.8) is 0 Å². The summed E-state index contributed by atoms with van der Waals surface area (Å²) in [5, 5.41) is 9.55. The number of amides is 4. The molecule has 2 aromatic heterocycles. The predicted octanol–water partition coefficient (Wildman–Crippen LogP) is 0.511. The van der Waals surface area contributed by atoms with Crippen LogP contribution in [0, 0.1) is 5.41 Å². The Morgan fingerprint density at radius 3 is 2.66 bits per heavy atom. The molecular weight excluding hydrogens is 418 g/mol. The van der Waals surface area contributed by atoms with Gasteiger partial charge in [-0.05, 0) is 26.0 Å². The highest BCUT2D eigenvalue weighted by molar-refractivity contribution is 6.09. The number of nitrogens with zero attached hydrogens (tertiary/aromatic N) is 5. The third-order valence-electron chi connectivity index (χ3n) is 5.33. The van der Waals surface area contributed by atoms with Crippen molar-refractivity contribution in [2.45, 2.75) is 19.9 Å². The van der Waals surface area contributed by atoms with Crippen molar-refractivity contribution in [1.29, 1.82) is 0 Å². The third kappa shape index (κ3) is 3.63. The molecule has 168 valence electrons. The van der Waals surface area contributed by atoms with Gasteiger partial charge < -0.3 is 15.4 Å². The molecule has 2 aromatic rings. The van der Waals surface area contributed by atoms with Crippen LogP contribution in [0.5, 0.6) is 0 Å². The van der Waals surface area contributed by atoms with Crippen molar-refractivity contribution in [3.8, 4) is 0 Å². The van der Waals surface area contributed by atoms with Crippen LogP contribution in [0.25, 0.3) is 0 Å². The largest absolute Gasteiger partial charge is 0.467 e. The Labute approximate surface area is 183 Å². The van der Waals surface area contributed by atoms with Crippen LogP contribution in [-0.2, 0) is 21.4 Å². The van der Waals surface area contributed by atoms with Crippen molar-refractivity contribution in [2.24, 2.45) is 12.5 Å². The predicted molar refractivity (Wildman–Crippen MR) is 113 cm³/mol. The zero-order chi connectivity index (χ0) is 23.2. The lowest BCUT2D eigenvalue weighted by Crippen LogP contribution is -2.59. The van der Waals surface area contributed by atoms with E-state index in [4.69, 9.17) is 0 Å². The van der Waals surface area contributed by atoms with Crippen LogP contribution in [0.2, 0.25) is 0 Å². The lowest BCUT2D eigenvalue weighted by atomic mass is 9.83. The van der Waals surface area contributed by atoms with Gasteiger partial charge in [0.05, 0.1) is 25.3 Å². The van der Waals surface area contributed by atoms with Crippen molar-refractivity contribution >= 4 is 41.1 Å². The number of hydrogen-bond donors (Lipinski definition) is 2. The number of carbonyl (C=O) groups is 4. The van der Waals surface area contributed by atoms with E-state index in [0.717, 1.165) is 0 Å². The SMILES string of the molecule is COC(=O)[C@@H]1CN(c2cccc(C(=O)Nc3cn(C)nc3N3CC(C)(C)C3=O)n2)C(=O)N1. The average molecular weight is 441 g/mol. The molecule has 32 heavy (non-hydrogen) atoms. The molecule has 2 aliphatic heterocycles. The number of rotatable bonds is 5. The highest BCUT2D eigenvalue weighted by atomic mass is 16.5. The summed E-state index contributed by atoms with van der Waals surface area (Å²) in [7, 11) is 2.93. The van der Waals surface area contributed by atoms with Gasteiger partial charge in [-0.2, -0.15) is 5.10 Å². The Morgan fingerprint density at radius 2 is 2.00 bits per heavy atom. The third-order valence-corrected chi connectivity index (χ3v) is 5.33. The van der Waals surface area contributed by atoms with E-state index in [1.807, 2.05) is 13.8 Å². The summed E-state index contributed by atoms with van der Waals surface area (Å²) >= 11 is 0. The second-order valence-corrected chi connectivity index (χ2v) is 8.29. The molecule has 0 spiro atoms. The number of β-lactam (4-membered cyclic amide) rings is 1. The van der Waals surface area contributed by atoms with Crippen molar-refractivity contribution in [2.75, 3.05) is 35.3 Å². The van der Waals surface area contributed by atoms with Gasteiger partial charge in [0.1, 0.15) is 23.2 Å². The van der Waals surface area contributed by atoms with Gasteiger partial charge in [-0.25, -0.2) is 14.6 Å². The lowest BCUT2D eigenvalue weighted by molar-refractivity contribution is -0.142. The summed E-state index contributed by atoms with van der Waals surface area (Å²) in [4.78, 5) is 56.3. The van der Waals surface area contributed by atoms with Crippen LogP contribution in [-0.4, -0.2) is 64.8 Å². The minimum absolute atomic E-state index is 0.0309. The Hall–Kier alpha value is -3.96. The highest BCUT2D eigenvalue weighted by Crippen LogP contribution is 2.37. The smallest absolute Gasteiger partial charge is 0.330 e. The van der Waals surface area contributed by atoms with Crippen LogP contribution in [0.1, 0.15) is 24.3 Å². The normalized spacial score (nSPS) is 19.4. The number of carbonyl (C=O) groups excluding carboxylic acids is 4. The van der Waals surface area contributed by atoms with Crippen LogP contribution < -0.4 is 20.4 Å². The van der Waals surface area contributed by atoms with Gasteiger partial charge in [-0.3, -0.25) is 24.1 Å². The average Bonchev–Trinajstić information content (AvgIpc) is 3.33. The van der Waals surface area contributed by atoms with Crippen LogP contribution >= 0.6 is 0 Å². The van der Waals surface area contributed by atoms with Gasteiger partial charge in [0.25, 0.3) is 5.91 Å². The fourth-order valence-corrected chi connectivity index (χ4v) is 3.64. The molecule has 4 heterocycles. The fraction of sp³-hybridized carbons (Fsp3) is 0.400. The van der Waals surface area contributed by atoms with Gasteiger partial charge in [-0.15, -0.1) is 0 Å². The van der Waals surface area contributed by atoms with Gasteiger partial charge in [-0.1, -0.05) is 6.07 Å². The number of aryl methyl sites for hydroxylation is 1. The van der Waals surface area contributed by atoms with Crippen molar-refractivity contribution in [3.05, 3.63) is 30.1 Å². The first kappa shape index (κ1) is 21.3. The number of hydrogen-bond acceptors (Lipinski definition) is 7. The molecule has 2 saturated heterocycles. The first-order valence-electron chi connectivity index (χ1n) is 9.90. The zero-order valence-corrected chi connectivity index (χ0v) is 18.1. The molecular formula is C20H23N7O5. The molecule has 2 aliphatic rings. The van der Waals surface area contributed by atoms with Crippen LogP contribution in [0.3, 0.4) is 0 Å². The molecule has 2 N–H and O–H groups in total. The standard InChI is InChI=1S/C20H23N7O5/c1-20(2)10-27(18(20)30)15-12(8-25(3)24-15)22-16(28)11-6-5-7-14(21-11)26-9-13(17(29)32-4)23-19(26)31/h5-8,13H,9-10H2,1-4H3,(H,22,28)(H,23,31)/t13-/m0/s1. The van der Waals surface area contributed by atoms with Gasteiger partial charge in [0, 0.05) is 13.6 Å². The molecule has 4 amide bonds. The number of pyridine rings is 1. The van der Waals surface area contributed by atoms with E-state index in [-0.39, 0.29) is 24.0 Å². The maximum Gasteiger partial charge on any atom is 0.330 e. The molecule has 0 bridgehead atoms. The monoisotopic (exact) mass is 441 g/mol. The first-order valence-corrected chi connectivity index (χ1v) is 9.90. The van der Waals surface area contributed by atoms with E-state index >= 15 is 0 Å². The Balaban J connectivity index is 1.52. The first-order chi connectivity index (χ1) is 15.1. The van der Waals surface area contributed by atoms with Crippen molar-refractivity contribution < 1.29 is 23.9 Å². The minimum Gasteiger partial charge on any atom is -0.467 e. The maximum absolute atomic E-state index is 12.9. The Kier molecular flexibility index (Phi) is 5.07. The fourth-order valence-electron chi connectivity index (χ4n) is 3.64. The van der Waals surface area contributed by atoms with Gasteiger partial charge in [0.15, 0.2) is 5.82 Å². The molecule has 0 radical (unpaired) electrons. The number of urea groups is 1.